The number of thiazole rings is 1. The Balaban J connectivity index is 1.30. The van der Waals surface area contributed by atoms with E-state index in [-0.39, 0.29) is 11.9 Å². The number of aryl methyl sites for hydroxylation is 2. The minimum absolute atomic E-state index is 0.0611. The van der Waals surface area contributed by atoms with Gasteiger partial charge in [-0.2, -0.15) is 5.10 Å². The Hall–Kier alpha value is -2.85. The molecule has 4 aromatic rings. The second-order valence-corrected chi connectivity index (χ2v) is 8.79. The van der Waals surface area contributed by atoms with Crippen molar-refractivity contribution in [3.05, 3.63) is 34.5 Å². The maximum absolute atomic E-state index is 12.7. The predicted molar refractivity (Wildman–Crippen MR) is 112 cm³/mol. The van der Waals surface area contributed by atoms with E-state index in [9.17, 15) is 4.79 Å². The normalized spacial score (nSPS) is 14.6. The summed E-state index contributed by atoms with van der Waals surface area (Å²) in [6.45, 7) is 5.27. The van der Waals surface area contributed by atoms with Gasteiger partial charge < -0.3 is 16.0 Å². The molecule has 5 rings (SSSR count). The van der Waals surface area contributed by atoms with E-state index >= 15 is 0 Å². The van der Waals surface area contributed by atoms with Crippen LogP contribution in [0.3, 0.4) is 0 Å². The highest BCUT2D eigenvalue weighted by atomic mass is 32.1. The largest absolute Gasteiger partial charge is 0.397 e. The molecule has 0 aliphatic carbocycles. The van der Waals surface area contributed by atoms with Crippen LogP contribution in [0.25, 0.3) is 20.6 Å². The van der Waals surface area contributed by atoms with Crippen LogP contribution in [0.15, 0.2) is 18.3 Å². The van der Waals surface area contributed by atoms with Crippen LogP contribution in [0, 0.1) is 13.8 Å². The second kappa shape index (κ2) is 6.35. The van der Waals surface area contributed by atoms with E-state index in [1.54, 1.807) is 17.5 Å². The molecule has 1 aliphatic heterocycles. The molecule has 3 N–H and O–H groups in total. The summed E-state index contributed by atoms with van der Waals surface area (Å²) in [7, 11) is 0. The monoisotopic (exact) mass is 411 g/mol. The highest BCUT2D eigenvalue weighted by Gasteiger charge is 2.31. The predicted octanol–water partition coefficient (Wildman–Crippen LogP) is 2.51. The fourth-order valence-electron chi connectivity index (χ4n) is 3.28. The van der Waals surface area contributed by atoms with Crippen LogP contribution in [0.4, 0.5) is 10.8 Å². The van der Waals surface area contributed by atoms with E-state index < -0.39 is 0 Å². The second-order valence-electron chi connectivity index (χ2n) is 6.83. The lowest BCUT2D eigenvalue weighted by Gasteiger charge is -2.39. The number of pyridine rings is 1. The van der Waals surface area contributed by atoms with Gasteiger partial charge in [0.2, 0.25) is 0 Å². The molecule has 1 amide bonds. The summed E-state index contributed by atoms with van der Waals surface area (Å²) in [6, 6.07) is 3.90. The zero-order valence-electron chi connectivity index (χ0n) is 15.3. The summed E-state index contributed by atoms with van der Waals surface area (Å²) in [5.41, 5.74) is 9.44. The quantitative estimate of drug-likeness (QED) is 0.533. The van der Waals surface area contributed by atoms with Gasteiger partial charge >= 0.3 is 0 Å². The summed E-state index contributed by atoms with van der Waals surface area (Å²) in [6.07, 6.45) is 1.77. The number of aromatic nitrogens is 4. The van der Waals surface area contributed by atoms with Crippen molar-refractivity contribution in [2.75, 3.05) is 23.7 Å². The van der Waals surface area contributed by atoms with Crippen molar-refractivity contribution in [2.24, 2.45) is 0 Å². The number of thiophene rings is 1. The Morgan fingerprint density at radius 3 is 2.86 bits per heavy atom. The van der Waals surface area contributed by atoms with Crippen LogP contribution in [0.1, 0.15) is 20.9 Å². The first-order chi connectivity index (χ1) is 13.5. The molecule has 0 saturated carbocycles. The topological polar surface area (TPSA) is 110 Å². The molecular weight excluding hydrogens is 394 g/mol. The molecule has 10 heteroatoms. The molecule has 0 bridgehead atoms. The lowest BCUT2D eigenvalue weighted by atomic mass is 10.1. The third kappa shape index (κ3) is 2.68. The van der Waals surface area contributed by atoms with E-state index in [0.29, 0.717) is 28.5 Å². The standard InChI is InChI=1S/C18H17N7OS2/c1-8-9(2)23-24-17-12(8)13(19)14(27-17)15(26)21-10-6-25(7-10)18-22-11-4-3-5-20-16(11)28-18/h3-5,10H,6-7,19H2,1-2H3,(H,21,26). The molecule has 0 unspecified atom stereocenters. The van der Waals surface area contributed by atoms with E-state index in [1.807, 2.05) is 26.0 Å². The summed E-state index contributed by atoms with van der Waals surface area (Å²) in [5, 5.41) is 13.1. The highest BCUT2D eigenvalue weighted by molar-refractivity contribution is 7.22. The number of amides is 1. The van der Waals surface area contributed by atoms with E-state index in [0.717, 1.165) is 32.1 Å². The van der Waals surface area contributed by atoms with Gasteiger partial charge in [0, 0.05) is 24.7 Å². The van der Waals surface area contributed by atoms with Crippen LogP contribution in [-0.4, -0.2) is 45.2 Å². The number of nitrogens with two attached hydrogens (primary N) is 1. The maximum Gasteiger partial charge on any atom is 0.263 e. The number of anilines is 2. The molecule has 5 heterocycles. The van der Waals surface area contributed by atoms with Crippen molar-refractivity contribution in [3.8, 4) is 0 Å². The third-order valence-electron chi connectivity index (χ3n) is 4.98. The summed E-state index contributed by atoms with van der Waals surface area (Å²) in [5.74, 6) is -0.159. The van der Waals surface area contributed by atoms with Gasteiger partial charge in [-0.15, -0.1) is 16.4 Å². The average molecular weight is 412 g/mol. The smallest absolute Gasteiger partial charge is 0.263 e. The van der Waals surface area contributed by atoms with Gasteiger partial charge in [0.25, 0.3) is 5.91 Å². The molecule has 0 atom stereocenters. The Bertz CT molecular complexity index is 1190. The van der Waals surface area contributed by atoms with Gasteiger partial charge in [-0.05, 0) is 31.5 Å². The molecule has 142 valence electrons. The number of nitrogens with zero attached hydrogens (tertiary/aromatic N) is 5. The molecule has 1 fully saturated rings. The van der Waals surface area contributed by atoms with Gasteiger partial charge in [0.15, 0.2) is 5.13 Å². The van der Waals surface area contributed by atoms with Crippen molar-refractivity contribution >= 4 is 60.0 Å². The van der Waals surface area contributed by atoms with Crippen molar-refractivity contribution in [2.45, 2.75) is 19.9 Å². The number of hydrogen-bond acceptors (Lipinski definition) is 9. The van der Waals surface area contributed by atoms with Crippen LogP contribution < -0.4 is 16.0 Å². The molecule has 1 saturated heterocycles. The molecule has 8 nitrogen and oxygen atoms in total. The number of carbonyl (C=O) groups excluding carboxylic acids is 1. The first-order valence-electron chi connectivity index (χ1n) is 8.80. The number of carbonyl (C=O) groups is 1. The molecule has 0 radical (unpaired) electrons. The van der Waals surface area contributed by atoms with Crippen molar-refractivity contribution in [1.29, 1.82) is 0 Å². The SMILES string of the molecule is Cc1nnc2sc(C(=O)NC3CN(c4nc5cccnc5s4)C3)c(N)c2c1C. The lowest BCUT2D eigenvalue weighted by Crippen LogP contribution is -2.59. The molecule has 0 spiro atoms. The highest BCUT2D eigenvalue weighted by Crippen LogP contribution is 2.35. The van der Waals surface area contributed by atoms with Gasteiger partial charge in [-0.1, -0.05) is 11.3 Å². The van der Waals surface area contributed by atoms with Crippen molar-refractivity contribution in [3.63, 3.8) is 0 Å². The first-order valence-corrected chi connectivity index (χ1v) is 10.4. The van der Waals surface area contributed by atoms with Crippen LogP contribution in [0.2, 0.25) is 0 Å². The third-order valence-corrected chi connectivity index (χ3v) is 7.11. The number of hydrogen-bond donors (Lipinski definition) is 2. The number of rotatable bonds is 3. The molecular formula is C18H17N7OS2. The molecule has 1 aliphatic rings. The van der Waals surface area contributed by atoms with Crippen molar-refractivity contribution < 1.29 is 4.79 Å². The number of nitrogen functional groups attached to an aromatic ring is 1. The Kier molecular flexibility index (Phi) is 3.91. The first kappa shape index (κ1) is 17.3. The van der Waals surface area contributed by atoms with Crippen molar-refractivity contribution in [1.82, 2.24) is 25.5 Å². The van der Waals surface area contributed by atoms with Gasteiger partial charge in [-0.25, -0.2) is 9.97 Å². The number of fused-ring (bicyclic) bond motifs is 2. The summed E-state index contributed by atoms with van der Waals surface area (Å²) < 4.78 is 0. The zero-order chi connectivity index (χ0) is 19.4. The zero-order valence-corrected chi connectivity index (χ0v) is 16.9. The van der Waals surface area contributed by atoms with Crippen LogP contribution >= 0.6 is 22.7 Å². The molecule has 28 heavy (non-hydrogen) atoms. The minimum atomic E-state index is -0.159. The van der Waals surface area contributed by atoms with Gasteiger partial charge in [0.05, 0.1) is 17.4 Å². The van der Waals surface area contributed by atoms with Crippen LogP contribution in [0.5, 0.6) is 0 Å². The molecule has 0 aromatic carbocycles. The van der Waals surface area contributed by atoms with E-state index in [4.69, 9.17) is 5.73 Å². The average Bonchev–Trinajstić information content (AvgIpc) is 3.22. The Morgan fingerprint density at radius 1 is 1.25 bits per heavy atom. The summed E-state index contributed by atoms with van der Waals surface area (Å²) >= 11 is 2.85. The minimum Gasteiger partial charge on any atom is -0.397 e. The Labute approximate surface area is 168 Å². The molecule has 4 aromatic heterocycles. The Morgan fingerprint density at radius 2 is 2.07 bits per heavy atom. The van der Waals surface area contributed by atoms with Gasteiger partial charge in [-0.3, -0.25) is 4.79 Å². The maximum atomic E-state index is 12.7. The fraction of sp³-hybridized carbons (Fsp3) is 0.278. The summed E-state index contributed by atoms with van der Waals surface area (Å²) in [4.78, 5) is 25.9. The lowest BCUT2D eigenvalue weighted by molar-refractivity contribution is 0.0935. The van der Waals surface area contributed by atoms with E-state index in [1.165, 1.54) is 11.3 Å². The van der Waals surface area contributed by atoms with Crippen LogP contribution in [-0.2, 0) is 0 Å². The van der Waals surface area contributed by atoms with Gasteiger partial charge in [0.1, 0.15) is 20.1 Å². The fourth-order valence-corrected chi connectivity index (χ4v) is 5.21. The van der Waals surface area contributed by atoms with E-state index in [2.05, 4.69) is 30.4 Å². The number of nitrogens with one attached hydrogen (secondary N) is 1.